The molecular weight excluding hydrogens is 174 g/mol. The van der Waals surface area contributed by atoms with E-state index in [0.717, 1.165) is 0 Å². The van der Waals surface area contributed by atoms with Crippen LogP contribution in [-0.4, -0.2) is 8.42 Å². The Balaban J connectivity index is 3.11. The number of nitrogens with two attached hydrogens (primary N) is 1. The molecule has 1 aromatic carbocycles. The SMILES string of the molecule is C=C(c1ccccc1)S(N)(=O)=O. The summed E-state index contributed by atoms with van der Waals surface area (Å²) in [4.78, 5) is -0.0527. The Morgan fingerprint density at radius 3 is 2.17 bits per heavy atom. The molecule has 0 amide bonds. The maximum atomic E-state index is 10.8. The van der Waals surface area contributed by atoms with Gasteiger partial charge in [-0.2, -0.15) is 0 Å². The van der Waals surface area contributed by atoms with Crippen molar-refractivity contribution in [2.24, 2.45) is 5.14 Å². The monoisotopic (exact) mass is 183 g/mol. The molecule has 64 valence electrons. The van der Waals surface area contributed by atoms with E-state index >= 15 is 0 Å². The third-order valence-electron chi connectivity index (χ3n) is 1.44. The average molecular weight is 183 g/mol. The van der Waals surface area contributed by atoms with Crippen molar-refractivity contribution in [3.63, 3.8) is 0 Å². The summed E-state index contributed by atoms with van der Waals surface area (Å²) in [6.07, 6.45) is 0. The van der Waals surface area contributed by atoms with Crippen molar-refractivity contribution in [3.8, 4) is 0 Å². The quantitative estimate of drug-likeness (QED) is 0.742. The van der Waals surface area contributed by atoms with Crippen LogP contribution in [0.3, 0.4) is 0 Å². The third-order valence-corrected chi connectivity index (χ3v) is 2.36. The summed E-state index contributed by atoms with van der Waals surface area (Å²) in [5.74, 6) is 0. The van der Waals surface area contributed by atoms with Crippen LogP contribution in [0.1, 0.15) is 5.56 Å². The van der Waals surface area contributed by atoms with E-state index in [4.69, 9.17) is 5.14 Å². The van der Waals surface area contributed by atoms with Crippen molar-refractivity contribution >= 4 is 14.9 Å². The summed E-state index contributed by atoms with van der Waals surface area (Å²) in [6, 6.07) is 8.54. The molecule has 4 heteroatoms. The van der Waals surface area contributed by atoms with E-state index in [1.165, 1.54) is 0 Å². The maximum Gasteiger partial charge on any atom is 0.238 e. The van der Waals surface area contributed by atoms with Gasteiger partial charge in [0.05, 0.1) is 4.91 Å². The second-order valence-electron chi connectivity index (χ2n) is 2.33. The highest BCUT2D eigenvalue weighted by atomic mass is 32.2. The Labute approximate surface area is 71.6 Å². The average Bonchev–Trinajstić information content (AvgIpc) is 2.03. The number of primary sulfonamides is 1. The first-order valence-electron chi connectivity index (χ1n) is 3.29. The van der Waals surface area contributed by atoms with Gasteiger partial charge in [-0.15, -0.1) is 0 Å². The van der Waals surface area contributed by atoms with Gasteiger partial charge in [0.2, 0.25) is 10.0 Å². The molecule has 1 aromatic rings. The molecule has 0 unspecified atom stereocenters. The van der Waals surface area contributed by atoms with Gasteiger partial charge in [0.25, 0.3) is 0 Å². The number of hydrogen-bond acceptors (Lipinski definition) is 2. The molecule has 0 aliphatic heterocycles. The molecule has 0 heterocycles. The van der Waals surface area contributed by atoms with Gasteiger partial charge >= 0.3 is 0 Å². The maximum absolute atomic E-state index is 10.8. The zero-order chi connectivity index (χ0) is 9.19. The summed E-state index contributed by atoms with van der Waals surface area (Å²) in [6.45, 7) is 3.38. The van der Waals surface area contributed by atoms with E-state index in [2.05, 4.69) is 6.58 Å². The van der Waals surface area contributed by atoms with E-state index in [9.17, 15) is 8.42 Å². The van der Waals surface area contributed by atoms with Crippen LogP contribution in [0.5, 0.6) is 0 Å². The number of hydrogen-bond donors (Lipinski definition) is 1. The third kappa shape index (κ3) is 1.93. The summed E-state index contributed by atoms with van der Waals surface area (Å²) in [7, 11) is -3.65. The minimum atomic E-state index is -3.65. The van der Waals surface area contributed by atoms with Gasteiger partial charge in [0, 0.05) is 0 Å². The first-order chi connectivity index (χ1) is 5.52. The molecule has 2 N–H and O–H groups in total. The van der Waals surface area contributed by atoms with Gasteiger partial charge in [0.15, 0.2) is 0 Å². The lowest BCUT2D eigenvalue weighted by molar-refractivity contribution is 0.607. The van der Waals surface area contributed by atoms with Crippen LogP contribution in [0.15, 0.2) is 36.9 Å². The molecule has 0 saturated heterocycles. The zero-order valence-corrected chi connectivity index (χ0v) is 7.21. The largest absolute Gasteiger partial charge is 0.238 e. The van der Waals surface area contributed by atoms with Crippen LogP contribution in [-0.2, 0) is 10.0 Å². The molecule has 0 aliphatic carbocycles. The molecule has 12 heavy (non-hydrogen) atoms. The Hall–Kier alpha value is -1.13. The molecule has 0 radical (unpaired) electrons. The van der Waals surface area contributed by atoms with Gasteiger partial charge in [0.1, 0.15) is 0 Å². The summed E-state index contributed by atoms with van der Waals surface area (Å²) in [5, 5.41) is 4.88. The van der Waals surface area contributed by atoms with Crippen LogP contribution in [0.25, 0.3) is 4.91 Å². The first kappa shape index (κ1) is 8.96. The first-order valence-corrected chi connectivity index (χ1v) is 4.83. The van der Waals surface area contributed by atoms with Gasteiger partial charge in [-0.25, -0.2) is 13.6 Å². The molecule has 0 fully saturated rings. The molecule has 0 bridgehead atoms. The highest BCUT2D eigenvalue weighted by Gasteiger charge is 2.09. The molecule has 0 aromatic heterocycles. The molecule has 1 rings (SSSR count). The normalized spacial score (nSPS) is 11.1. The van der Waals surface area contributed by atoms with E-state index < -0.39 is 10.0 Å². The van der Waals surface area contributed by atoms with E-state index in [-0.39, 0.29) is 4.91 Å². The Kier molecular flexibility index (Phi) is 2.30. The van der Waals surface area contributed by atoms with Crippen molar-refractivity contribution < 1.29 is 8.42 Å². The van der Waals surface area contributed by atoms with Crippen molar-refractivity contribution in [2.75, 3.05) is 0 Å². The minimum absolute atomic E-state index is 0.0527. The van der Waals surface area contributed by atoms with Gasteiger partial charge in [-0.3, -0.25) is 0 Å². The second kappa shape index (κ2) is 3.08. The van der Waals surface area contributed by atoms with E-state index in [1.54, 1.807) is 30.3 Å². The van der Waals surface area contributed by atoms with Crippen LogP contribution >= 0.6 is 0 Å². The topological polar surface area (TPSA) is 60.2 Å². The highest BCUT2D eigenvalue weighted by Crippen LogP contribution is 2.14. The predicted molar refractivity (Wildman–Crippen MR) is 48.6 cm³/mol. The van der Waals surface area contributed by atoms with Crippen LogP contribution in [0, 0.1) is 0 Å². The fraction of sp³-hybridized carbons (Fsp3) is 0. The van der Waals surface area contributed by atoms with Crippen LogP contribution in [0.4, 0.5) is 0 Å². The molecular formula is C8H9NO2S. The van der Waals surface area contributed by atoms with Crippen LogP contribution in [0.2, 0.25) is 0 Å². The lowest BCUT2D eigenvalue weighted by Gasteiger charge is -2.00. The van der Waals surface area contributed by atoms with E-state index in [1.807, 2.05) is 0 Å². The predicted octanol–water partition coefficient (Wildman–Crippen LogP) is 0.946. The summed E-state index contributed by atoms with van der Waals surface area (Å²) in [5.41, 5.74) is 0.528. The zero-order valence-electron chi connectivity index (χ0n) is 6.40. The second-order valence-corrected chi connectivity index (χ2v) is 3.92. The summed E-state index contributed by atoms with van der Waals surface area (Å²) >= 11 is 0. The smallest absolute Gasteiger partial charge is 0.225 e. The number of sulfonamides is 1. The van der Waals surface area contributed by atoms with Gasteiger partial charge in [-0.05, 0) is 5.56 Å². The van der Waals surface area contributed by atoms with Gasteiger partial charge in [-0.1, -0.05) is 36.9 Å². The standard InChI is InChI=1S/C8H9NO2S/c1-7(12(9,10)11)8-5-3-2-4-6-8/h2-6H,1H2,(H2,9,10,11). The minimum Gasteiger partial charge on any atom is -0.225 e. The number of benzene rings is 1. The Morgan fingerprint density at radius 1 is 1.25 bits per heavy atom. The highest BCUT2D eigenvalue weighted by molar-refractivity contribution is 7.98. The molecule has 3 nitrogen and oxygen atoms in total. The lowest BCUT2D eigenvalue weighted by Crippen LogP contribution is -2.12. The van der Waals surface area contributed by atoms with Crippen molar-refractivity contribution in [3.05, 3.63) is 42.5 Å². The fourth-order valence-electron chi connectivity index (χ4n) is 0.788. The molecule has 0 saturated carbocycles. The summed E-state index contributed by atoms with van der Waals surface area (Å²) < 4.78 is 21.6. The van der Waals surface area contributed by atoms with E-state index in [0.29, 0.717) is 5.56 Å². The number of rotatable bonds is 2. The van der Waals surface area contributed by atoms with Crippen molar-refractivity contribution in [1.29, 1.82) is 0 Å². The van der Waals surface area contributed by atoms with Crippen LogP contribution < -0.4 is 5.14 Å². The fourth-order valence-corrected chi connectivity index (χ4v) is 1.25. The Morgan fingerprint density at radius 2 is 1.75 bits per heavy atom. The molecule has 0 spiro atoms. The molecule has 0 atom stereocenters. The van der Waals surface area contributed by atoms with Gasteiger partial charge < -0.3 is 0 Å². The van der Waals surface area contributed by atoms with Crippen molar-refractivity contribution in [1.82, 2.24) is 0 Å². The Bertz CT molecular complexity index is 381. The molecule has 0 aliphatic rings. The lowest BCUT2D eigenvalue weighted by atomic mass is 10.2. The van der Waals surface area contributed by atoms with Crippen molar-refractivity contribution in [2.45, 2.75) is 0 Å².